The number of allylic oxidation sites excluding steroid dienone is 2. The predicted molar refractivity (Wildman–Crippen MR) is 51.9 cm³/mol. The van der Waals surface area contributed by atoms with Crippen LogP contribution in [0.25, 0.3) is 0 Å². The summed E-state index contributed by atoms with van der Waals surface area (Å²) in [6, 6.07) is 0. The molecule has 0 N–H and O–H groups in total. The van der Waals surface area contributed by atoms with Crippen LogP contribution in [0.4, 0.5) is 4.39 Å². The van der Waals surface area contributed by atoms with E-state index in [9.17, 15) is 4.39 Å². The van der Waals surface area contributed by atoms with Crippen molar-refractivity contribution in [1.82, 2.24) is 0 Å². The SMILES string of the molecule is CC(C=CCCCCBr)CF. The highest BCUT2D eigenvalue weighted by molar-refractivity contribution is 9.09. The Hall–Kier alpha value is 0.150. The van der Waals surface area contributed by atoms with Gasteiger partial charge >= 0.3 is 0 Å². The molecule has 0 aromatic carbocycles. The van der Waals surface area contributed by atoms with E-state index >= 15 is 0 Å². The molecule has 0 aliphatic rings. The molecule has 66 valence electrons. The zero-order valence-corrected chi connectivity index (χ0v) is 8.61. The Morgan fingerprint density at radius 2 is 2.18 bits per heavy atom. The summed E-state index contributed by atoms with van der Waals surface area (Å²) in [6.45, 7) is 1.65. The lowest BCUT2D eigenvalue weighted by atomic mass is 10.1. The van der Waals surface area contributed by atoms with Crippen LogP contribution in [0, 0.1) is 5.92 Å². The van der Waals surface area contributed by atoms with Gasteiger partial charge in [0.2, 0.25) is 0 Å². The maximum absolute atomic E-state index is 11.9. The van der Waals surface area contributed by atoms with Crippen molar-refractivity contribution >= 4 is 15.9 Å². The summed E-state index contributed by atoms with van der Waals surface area (Å²) in [5.41, 5.74) is 0. The van der Waals surface area contributed by atoms with Crippen molar-refractivity contribution in [2.75, 3.05) is 12.0 Å². The molecule has 0 saturated carbocycles. The van der Waals surface area contributed by atoms with Gasteiger partial charge in [-0.1, -0.05) is 35.0 Å². The van der Waals surface area contributed by atoms with E-state index in [0.29, 0.717) is 0 Å². The molecule has 0 bridgehead atoms. The van der Waals surface area contributed by atoms with E-state index in [1.54, 1.807) is 0 Å². The van der Waals surface area contributed by atoms with Gasteiger partial charge in [-0.25, -0.2) is 0 Å². The lowest BCUT2D eigenvalue weighted by molar-refractivity contribution is 0.429. The van der Waals surface area contributed by atoms with Crippen molar-refractivity contribution in [3.8, 4) is 0 Å². The summed E-state index contributed by atoms with van der Waals surface area (Å²) in [7, 11) is 0. The zero-order valence-electron chi connectivity index (χ0n) is 7.02. The quantitative estimate of drug-likeness (QED) is 0.365. The van der Waals surface area contributed by atoms with Gasteiger partial charge in [-0.3, -0.25) is 4.39 Å². The molecule has 0 aliphatic carbocycles. The number of hydrogen-bond acceptors (Lipinski definition) is 0. The Kier molecular flexibility index (Phi) is 8.36. The average Bonchev–Trinajstić information content (AvgIpc) is 2.04. The van der Waals surface area contributed by atoms with Crippen LogP contribution in [0.3, 0.4) is 0 Å². The van der Waals surface area contributed by atoms with Crippen LogP contribution in [0.5, 0.6) is 0 Å². The second-order valence-corrected chi connectivity index (χ2v) is 3.54. The van der Waals surface area contributed by atoms with Gasteiger partial charge < -0.3 is 0 Å². The maximum Gasteiger partial charge on any atom is 0.0954 e. The summed E-state index contributed by atoms with van der Waals surface area (Å²) < 4.78 is 11.9. The number of halogens is 2. The van der Waals surface area contributed by atoms with Crippen LogP contribution in [-0.2, 0) is 0 Å². The molecular formula is C9H16BrF. The van der Waals surface area contributed by atoms with Gasteiger partial charge in [0, 0.05) is 11.2 Å². The van der Waals surface area contributed by atoms with Gasteiger partial charge in [0.1, 0.15) is 0 Å². The molecule has 0 rings (SSSR count). The second kappa shape index (κ2) is 8.25. The van der Waals surface area contributed by atoms with E-state index in [-0.39, 0.29) is 12.6 Å². The molecule has 11 heavy (non-hydrogen) atoms. The number of rotatable bonds is 6. The first-order valence-electron chi connectivity index (χ1n) is 4.10. The van der Waals surface area contributed by atoms with E-state index in [2.05, 4.69) is 22.0 Å². The van der Waals surface area contributed by atoms with E-state index in [1.165, 1.54) is 12.8 Å². The summed E-state index contributed by atoms with van der Waals surface area (Å²) in [5, 5.41) is 1.07. The fourth-order valence-electron chi connectivity index (χ4n) is 0.737. The molecule has 0 radical (unpaired) electrons. The van der Waals surface area contributed by atoms with E-state index < -0.39 is 0 Å². The van der Waals surface area contributed by atoms with Crippen LogP contribution in [0.15, 0.2) is 12.2 Å². The highest BCUT2D eigenvalue weighted by atomic mass is 79.9. The smallest absolute Gasteiger partial charge is 0.0954 e. The molecule has 1 unspecified atom stereocenters. The number of hydrogen-bond donors (Lipinski definition) is 0. The molecule has 0 aromatic rings. The Bertz CT molecular complexity index is 102. The van der Waals surface area contributed by atoms with Crippen LogP contribution in [-0.4, -0.2) is 12.0 Å². The Balaban J connectivity index is 3.15. The van der Waals surface area contributed by atoms with Gasteiger partial charge in [0.25, 0.3) is 0 Å². The molecule has 0 nitrogen and oxygen atoms in total. The molecule has 0 aliphatic heterocycles. The van der Waals surface area contributed by atoms with Crippen molar-refractivity contribution < 1.29 is 4.39 Å². The largest absolute Gasteiger partial charge is 0.250 e. The maximum atomic E-state index is 11.9. The van der Waals surface area contributed by atoms with Crippen molar-refractivity contribution in [3.05, 3.63) is 12.2 Å². The van der Waals surface area contributed by atoms with Gasteiger partial charge in [0.05, 0.1) is 6.67 Å². The molecular weight excluding hydrogens is 207 g/mol. The van der Waals surface area contributed by atoms with E-state index in [0.717, 1.165) is 11.8 Å². The lowest BCUT2D eigenvalue weighted by Crippen LogP contribution is -1.89. The van der Waals surface area contributed by atoms with Gasteiger partial charge in [0.15, 0.2) is 0 Å². The van der Waals surface area contributed by atoms with Crippen LogP contribution >= 0.6 is 15.9 Å². The van der Waals surface area contributed by atoms with Crippen molar-refractivity contribution in [1.29, 1.82) is 0 Å². The fraction of sp³-hybridized carbons (Fsp3) is 0.778. The fourth-order valence-corrected chi connectivity index (χ4v) is 1.13. The highest BCUT2D eigenvalue weighted by Gasteiger charge is 1.91. The third-order valence-corrected chi connectivity index (χ3v) is 2.02. The van der Waals surface area contributed by atoms with E-state index in [1.807, 2.05) is 13.0 Å². The summed E-state index contributed by atoms with van der Waals surface area (Å²) in [5.74, 6) is 0.0963. The van der Waals surface area contributed by atoms with Crippen molar-refractivity contribution in [2.45, 2.75) is 26.2 Å². The topological polar surface area (TPSA) is 0 Å². The lowest BCUT2D eigenvalue weighted by Gasteiger charge is -1.96. The average molecular weight is 223 g/mol. The normalized spacial score (nSPS) is 14.1. The second-order valence-electron chi connectivity index (χ2n) is 2.74. The first-order chi connectivity index (χ1) is 5.31. The molecule has 1 atom stereocenters. The number of alkyl halides is 2. The van der Waals surface area contributed by atoms with Crippen LogP contribution in [0.2, 0.25) is 0 Å². The van der Waals surface area contributed by atoms with Gasteiger partial charge in [-0.15, -0.1) is 0 Å². The van der Waals surface area contributed by atoms with Crippen LogP contribution < -0.4 is 0 Å². The third-order valence-electron chi connectivity index (χ3n) is 1.46. The summed E-state index contributed by atoms with van der Waals surface area (Å²) in [6.07, 6.45) is 7.51. The number of unbranched alkanes of at least 4 members (excludes halogenated alkanes) is 2. The highest BCUT2D eigenvalue weighted by Crippen LogP contribution is 2.03. The minimum atomic E-state index is -0.241. The molecule has 0 saturated heterocycles. The summed E-state index contributed by atoms with van der Waals surface area (Å²) in [4.78, 5) is 0. The van der Waals surface area contributed by atoms with E-state index in [4.69, 9.17) is 0 Å². The first kappa shape index (κ1) is 11.2. The Morgan fingerprint density at radius 1 is 1.45 bits per heavy atom. The minimum Gasteiger partial charge on any atom is -0.250 e. The standard InChI is InChI=1S/C9H16BrF/c1-9(8-11)6-4-2-3-5-7-10/h4,6,9H,2-3,5,7-8H2,1H3. The monoisotopic (exact) mass is 222 g/mol. The zero-order chi connectivity index (χ0) is 8.53. The first-order valence-corrected chi connectivity index (χ1v) is 5.22. The predicted octanol–water partition coefficient (Wildman–Crippen LogP) is 3.71. The van der Waals surface area contributed by atoms with Crippen LogP contribution in [0.1, 0.15) is 26.2 Å². The Labute approximate surface area is 77.0 Å². The summed E-state index contributed by atoms with van der Waals surface area (Å²) >= 11 is 3.36. The molecule has 2 heteroatoms. The third kappa shape index (κ3) is 8.05. The van der Waals surface area contributed by atoms with Crippen molar-refractivity contribution in [3.63, 3.8) is 0 Å². The minimum absolute atomic E-state index is 0.0963. The van der Waals surface area contributed by atoms with Crippen molar-refractivity contribution in [2.24, 2.45) is 5.92 Å². The molecule has 0 fully saturated rings. The molecule has 0 spiro atoms. The Morgan fingerprint density at radius 3 is 2.73 bits per heavy atom. The van der Waals surface area contributed by atoms with Gasteiger partial charge in [-0.05, 0) is 19.3 Å². The molecule has 0 heterocycles. The molecule has 0 aromatic heterocycles. The van der Waals surface area contributed by atoms with Gasteiger partial charge in [-0.2, -0.15) is 0 Å². The molecule has 0 amide bonds.